The lowest BCUT2D eigenvalue weighted by molar-refractivity contribution is 0.00374. The Kier molecular flexibility index (Phi) is 8.71. The summed E-state index contributed by atoms with van der Waals surface area (Å²) in [5.74, 6) is 0.715. The molecule has 31 heavy (non-hydrogen) atoms. The number of β-amino-alcohol motifs (C(OH)–C–C–N with tert-alkyl or cyclic N) is 1. The first-order valence-corrected chi connectivity index (χ1v) is 12.1. The molecule has 7 nitrogen and oxygen atoms in total. The van der Waals surface area contributed by atoms with Crippen LogP contribution in [0.1, 0.15) is 5.56 Å². The molecule has 1 heterocycles. The summed E-state index contributed by atoms with van der Waals surface area (Å²) in [4.78, 5) is 2.38. The van der Waals surface area contributed by atoms with Gasteiger partial charge in [-0.15, -0.1) is 0 Å². The maximum Gasteiger partial charge on any atom is 0.243 e. The quantitative estimate of drug-likeness (QED) is 0.539. The van der Waals surface area contributed by atoms with Crippen LogP contribution in [0.3, 0.4) is 0 Å². The van der Waals surface area contributed by atoms with Gasteiger partial charge in [0.25, 0.3) is 0 Å². The molecule has 1 aliphatic heterocycles. The van der Waals surface area contributed by atoms with Crippen LogP contribution < -0.4 is 4.74 Å². The molecule has 3 rings (SSSR count). The molecule has 2 aromatic carbocycles. The third-order valence-corrected chi connectivity index (χ3v) is 7.24. The zero-order chi connectivity index (χ0) is 22.3. The molecule has 0 amide bonds. The fourth-order valence-electron chi connectivity index (χ4n) is 3.33. The van der Waals surface area contributed by atoms with Crippen molar-refractivity contribution in [2.24, 2.45) is 0 Å². The van der Waals surface area contributed by atoms with E-state index < -0.39 is 16.1 Å². The second-order valence-corrected chi connectivity index (χ2v) is 9.92. The van der Waals surface area contributed by atoms with Crippen molar-refractivity contribution < 1.29 is 23.0 Å². The molecule has 0 aliphatic carbocycles. The molecular weight excluding hydrogens is 440 g/mol. The lowest BCUT2D eigenvalue weighted by Crippen LogP contribution is -2.50. The van der Waals surface area contributed by atoms with Crippen molar-refractivity contribution in [2.75, 3.05) is 52.5 Å². The number of rotatable bonds is 10. The zero-order valence-electron chi connectivity index (χ0n) is 17.6. The maximum absolute atomic E-state index is 12.8. The van der Waals surface area contributed by atoms with Gasteiger partial charge in [-0.25, -0.2) is 8.42 Å². The molecule has 0 bridgehead atoms. The summed E-state index contributed by atoms with van der Waals surface area (Å²) in [7, 11) is -3.48. The molecule has 0 spiro atoms. The first-order valence-electron chi connectivity index (χ1n) is 10.3. The van der Waals surface area contributed by atoms with Crippen molar-refractivity contribution in [3.63, 3.8) is 0 Å². The molecule has 2 aromatic rings. The molecule has 1 aliphatic rings. The maximum atomic E-state index is 12.8. The molecule has 9 heteroatoms. The van der Waals surface area contributed by atoms with Crippen LogP contribution in [0.15, 0.2) is 53.4 Å². The average molecular weight is 469 g/mol. The second-order valence-electron chi connectivity index (χ2n) is 7.55. The number of nitrogens with zero attached hydrogens (tertiary/aromatic N) is 2. The minimum Gasteiger partial charge on any atom is -0.491 e. The van der Waals surface area contributed by atoms with Crippen LogP contribution in [0.5, 0.6) is 5.75 Å². The van der Waals surface area contributed by atoms with Crippen molar-refractivity contribution >= 4 is 21.6 Å². The number of aliphatic hydroxyl groups excluding tert-OH is 1. The largest absolute Gasteiger partial charge is 0.491 e. The van der Waals surface area contributed by atoms with E-state index in [1.165, 1.54) is 4.31 Å². The van der Waals surface area contributed by atoms with Crippen LogP contribution in [0, 0.1) is 6.92 Å². The van der Waals surface area contributed by atoms with Gasteiger partial charge in [0.2, 0.25) is 10.0 Å². The van der Waals surface area contributed by atoms with Crippen molar-refractivity contribution in [3.8, 4) is 5.75 Å². The molecule has 0 aromatic heterocycles. The van der Waals surface area contributed by atoms with E-state index in [9.17, 15) is 13.5 Å². The van der Waals surface area contributed by atoms with Crippen LogP contribution >= 0.6 is 11.6 Å². The SMILES string of the molecule is Cc1ccc(S(=O)(=O)N2CCN(CC(O)COCCOc3ccc(Cl)cc3)CC2)cc1. The highest BCUT2D eigenvalue weighted by Crippen LogP contribution is 2.18. The van der Waals surface area contributed by atoms with Crippen molar-refractivity contribution in [1.82, 2.24) is 9.21 Å². The van der Waals surface area contributed by atoms with Crippen LogP contribution in [0.4, 0.5) is 0 Å². The number of aryl methyl sites for hydroxylation is 1. The van der Waals surface area contributed by atoms with Gasteiger partial charge in [-0.2, -0.15) is 4.31 Å². The van der Waals surface area contributed by atoms with Gasteiger partial charge >= 0.3 is 0 Å². The molecule has 170 valence electrons. The molecule has 1 atom stereocenters. The minimum absolute atomic E-state index is 0.200. The van der Waals surface area contributed by atoms with Gasteiger partial charge < -0.3 is 14.6 Å². The van der Waals surface area contributed by atoms with Crippen LogP contribution in [0.2, 0.25) is 5.02 Å². The molecule has 0 saturated carbocycles. The van der Waals surface area contributed by atoms with Crippen molar-refractivity contribution in [1.29, 1.82) is 0 Å². The van der Waals surface area contributed by atoms with Gasteiger partial charge in [0, 0.05) is 37.7 Å². The van der Waals surface area contributed by atoms with Crippen molar-refractivity contribution in [2.45, 2.75) is 17.9 Å². The molecule has 1 saturated heterocycles. The summed E-state index contributed by atoms with van der Waals surface area (Å²) in [6.45, 7) is 5.26. The topological polar surface area (TPSA) is 79.3 Å². The van der Waals surface area contributed by atoms with E-state index in [0.717, 1.165) is 5.56 Å². The van der Waals surface area contributed by atoms with Gasteiger partial charge in [-0.3, -0.25) is 4.90 Å². The summed E-state index contributed by atoms with van der Waals surface area (Å²) in [5, 5.41) is 10.9. The Bertz CT molecular complexity index is 914. The highest BCUT2D eigenvalue weighted by molar-refractivity contribution is 7.89. The number of halogens is 1. The first-order chi connectivity index (χ1) is 14.8. The van der Waals surface area contributed by atoms with E-state index in [-0.39, 0.29) is 6.61 Å². The Hall–Kier alpha value is -1.68. The third-order valence-electron chi connectivity index (χ3n) is 5.08. The number of piperazine rings is 1. The Morgan fingerprint density at radius 3 is 2.29 bits per heavy atom. The van der Waals surface area contributed by atoms with E-state index in [4.69, 9.17) is 21.1 Å². The summed E-state index contributed by atoms with van der Waals surface area (Å²) in [5.41, 5.74) is 1.02. The number of sulfonamides is 1. The van der Waals surface area contributed by atoms with E-state index >= 15 is 0 Å². The second kappa shape index (κ2) is 11.3. The Balaban J connectivity index is 1.33. The zero-order valence-corrected chi connectivity index (χ0v) is 19.2. The average Bonchev–Trinajstić information content (AvgIpc) is 2.75. The number of hydrogen-bond acceptors (Lipinski definition) is 6. The third kappa shape index (κ3) is 7.17. The molecule has 0 radical (unpaired) electrons. The standard InChI is InChI=1S/C22H29ClN2O5S/c1-18-2-8-22(9-3-18)31(27,28)25-12-10-24(11-13-25)16-20(26)17-29-14-15-30-21-6-4-19(23)5-7-21/h2-9,20,26H,10-17H2,1H3. The fourth-order valence-corrected chi connectivity index (χ4v) is 4.88. The number of benzene rings is 2. The van der Waals surface area contributed by atoms with Gasteiger partial charge in [0.05, 0.1) is 24.2 Å². The fraction of sp³-hybridized carbons (Fsp3) is 0.455. The Morgan fingerprint density at radius 1 is 1.00 bits per heavy atom. The number of hydrogen-bond donors (Lipinski definition) is 1. The smallest absolute Gasteiger partial charge is 0.243 e. The van der Waals surface area contributed by atoms with E-state index in [1.54, 1.807) is 48.5 Å². The molecular formula is C22H29ClN2O5S. The van der Waals surface area contributed by atoms with E-state index in [2.05, 4.69) is 4.90 Å². The normalized spacial score (nSPS) is 16.9. The lowest BCUT2D eigenvalue weighted by atomic mass is 10.2. The van der Waals surface area contributed by atoms with Gasteiger partial charge in [-0.1, -0.05) is 29.3 Å². The van der Waals surface area contributed by atoms with E-state index in [1.807, 2.05) is 6.92 Å². The van der Waals surface area contributed by atoms with Crippen LogP contribution in [-0.4, -0.2) is 81.4 Å². The lowest BCUT2D eigenvalue weighted by Gasteiger charge is -2.34. The highest BCUT2D eigenvalue weighted by Gasteiger charge is 2.28. The van der Waals surface area contributed by atoms with Gasteiger partial charge in [0.15, 0.2) is 0 Å². The summed E-state index contributed by atoms with van der Waals surface area (Å²) < 4.78 is 38.1. The summed E-state index contributed by atoms with van der Waals surface area (Å²) in [6, 6.07) is 14.0. The predicted octanol–water partition coefficient (Wildman–Crippen LogP) is 2.41. The van der Waals surface area contributed by atoms with E-state index in [0.29, 0.717) is 61.6 Å². The number of aliphatic hydroxyl groups is 1. The minimum atomic E-state index is -3.48. The highest BCUT2D eigenvalue weighted by atomic mass is 35.5. The summed E-state index contributed by atoms with van der Waals surface area (Å²) in [6.07, 6.45) is -0.643. The van der Waals surface area contributed by atoms with Crippen LogP contribution in [-0.2, 0) is 14.8 Å². The van der Waals surface area contributed by atoms with Gasteiger partial charge in [0.1, 0.15) is 12.4 Å². The van der Waals surface area contributed by atoms with Gasteiger partial charge in [-0.05, 0) is 43.3 Å². The number of ether oxygens (including phenoxy) is 2. The molecule has 1 fully saturated rings. The predicted molar refractivity (Wildman–Crippen MR) is 120 cm³/mol. The monoisotopic (exact) mass is 468 g/mol. The van der Waals surface area contributed by atoms with Crippen molar-refractivity contribution in [3.05, 3.63) is 59.1 Å². The summed E-state index contributed by atoms with van der Waals surface area (Å²) >= 11 is 5.83. The Labute approximate surface area is 189 Å². The first kappa shape index (κ1) is 24.0. The molecule has 1 N–H and O–H groups in total. The Morgan fingerprint density at radius 2 is 1.65 bits per heavy atom. The van der Waals surface area contributed by atoms with Crippen LogP contribution in [0.25, 0.3) is 0 Å². The molecule has 1 unspecified atom stereocenters.